The van der Waals surface area contributed by atoms with Gasteiger partial charge in [0.05, 0.1) is 5.38 Å². The molecule has 0 aliphatic rings. The van der Waals surface area contributed by atoms with E-state index in [0.717, 1.165) is 0 Å². The maximum absolute atomic E-state index is 9.37. The Hall–Kier alpha value is -0.120. The molecule has 0 N–H and O–H groups in total. The SMILES string of the molecule is CC(Cl)C=O.COC(C)OC. The fourth-order valence-corrected chi connectivity index (χ4v) is 0.0962. The number of hydrogen-bond donors (Lipinski definition) is 0. The molecule has 11 heavy (non-hydrogen) atoms. The molecule has 0 spiro atoms. The summed E-state index contributed by atoms with van der Waals surface area (Å²) in [5.74, 6) is 0. The van der Waals surface area contributed by atoms with Gasteiger partial charge >= 0.3 is 0 Å². The summed E-state index contributed by atoms with van der Waals surface area (Å²) in [6.45, 7) is 3.45. The molecule has 1 unspecified atom stereocenters. The quantitative estimate of drug-likeness (QED) is 0.377. The van der Waals surface area contributed by atoms with Crippen molar-refractivity contribution in [2.45, 2.75) is 25.5 Å². The van der Waals surface area contributed by atoms with E-state index in [0.29, 0.717) is 6.29 Å². The molecule has 0 aromatic heterocycles. The zero-order chi connectivity index (χ0) is 9.28. The molecule has 0 saturated heterocycles. The lowest BCUT2D eigenvalue weighted by Crippen LogP contribution is -2.05. The Morgan fingerprint density at radius 1 is 1.27 bits per heavy atom. The van der Waals surface area contributed by atoms with E-state index in [9.17, 15) is 4.79 Å². The first-order valence-electron chi connectivity index (χ1n) is 3.23. The highest BCUT2D eigenvalue weighted by Gasteiger charge is 1.87. The first-order chi connectivity index (χ1) is 5.08. The Kier molecular flexibility index (Phi) is 12.1. The van der Waals surface area contributed by atoms with Crippen LogP contribution in [0.15, 0.2) is 0 Å². The molecular weight excluding hydrogens is 168 g/mol. The zero-order valence-electron chi connectivity index (χ0n) is 7.33. The molecule has 0 fully saturated rings. The van der Waals surface area contributed by atoms with Gasteiger partial charge in [-0.25, -0.2) is 0 Å². The fraction of sp³-hybridized carbons (Fsp3) is 0.857. The number of carbonyl (C=O) groups is 1. The van der Waals surface area contributed by atoms with Gasteiger partial charge in [-0.2, -0.15) is 0 Å². The van der Waals surface area contributed by atoms with Crippen LogP contribution in [0.5, 0.6) is 0 Å². The number of aldehydes is 1. The van der Waals surface area contributed by atoms with Gasteiger partial charge in [0.1, 0.15) is 6.29 Å². The average Bonchev–Trinajstić information content (AvgIpc) is 2.04. The van der Waals surface area contributed by atoms with E-state index >= 15 is 0 Å². The van der Waals surface area contributed by atoms with Crippen molar-refractivity contribution in [3.63, 3.8) is 0 Å². The zero-order valence-corrected chi connectivity index (χ0v) is 8.09. The van der Waals surface area contributed by atoms with Crippen LogP contribution in [0.1, 0.15) is 13.8 Å². The highest BCUT2D eigenvalue weighted by Crippen LogP contribution is 1.83. The largest absolute Gasteiger partial charge is 0.356 e. The number of alkyl halides is 1. The molecule has 0 rings (SSSR count). The lowest BCUT2D eigenvalue weighted by molar-refractivity contribution is -0.107. The highest BCUT2D eigenvalue weighted by molar-refractivity contribution is 6.27. The van der Waals surface area contributed by atoms with Crippen molar-refractivity contribution in [2.24, 2.45) is 0 Å². The summed E-state index contributed by atoms with van der Waals surface area (Å²) in [7, 11) is 3.21. The molecule has 4 heteroatoms. The van der Waals surface area contributed by atoms with E-state index in [4.69, 9.17) is 11.6 Å². The standard InChI is InChI=1S/C4H10O2.C3H5ClO/c1-4(5-2)6-3;1-3(4)2-5/h4H,1-3H3;2-3H,1H3. The first-order valence-corrected chi connectivity index (χ1v) is 3.67. The van der Waals surface area contributed by atoms with Crippen molar-refractivity contribution in [3.8, 4) is 0 Å². The summed E-state index contributed by atoms with van der Waals surface area (Å²) in [5.41, 5.74) is 0. The van der Waals surface area contributed by atoms with Crippen molar-refractivity contribution in [1.29, 1.82) is 0 Å². The summed E-state index contributed by atoms with van der Waals surface area (Å²) >= 11 is 5.09. The van der Waals surface area contributed by atoms with Crippen molar-refractivity contribution in [2.75, 3.05) is 14.2 Å². The number of halogens is 1. The van der Waals surface area contributed by atoms with Gasteiger partial charge < -0.3 is 14.3 Å². The number of hydrogen-bond acceptors (Lipinski definition) is 3. The summed E-state index contributed by atoms with van der Waals surface area (Å²) in [4.78, 5) is 9.37. The van der Waals surface area contributed by atoms with Crippen LogP contribution in [0, 0.1) is 0 Å². The highest BCUT2D eigenvalue weighted by atomic mass is 35.5. The molecule has 0 saturated carbocycles. The Morgan fingerprint density at radius 3 is 1.55 bits per heavy atom. The molecular formula is C7H15ClO3. The van der Waals surface area contributed by atoms with Crippen LogP contribution in [0.25, 0.3) is 0 Å². The maximum Gasteiger partial charge on any atom is 0.154 e. The van der Waals surface area contributed by atoms with Gasteiger partial charge in [0, 0.05) is 14.2 Å². The summed E-state index contributed by atoms with van der Waals surface area (Å²) in [6.07, 6.45) is 0.617. The van der Waals surface area contributed by atoms with Crippen molar-refractivity contribution < 1.29 is 14.3 Å². The smallest absolute Gasteiger partial charge is 0.154 e. The molecule has 0 radical (unpaired) electrons. The monoisotopic (exact) mass is 182 g/mol. The van der Waals surface area contributed by atoms with E-state index in [-0.39, 0.29) is 11.7 Å². The second-order valence-electron chi connectivity index (χ2n) is 1.85. The fourth-order valence-electron chi connectivity index (χ4n) is 0.0962. The van der Waals surface area contributed by atoms with Crippen LogP contribution in [0.2, 0.25) is 0 Å². The Labute approximate surface area is 72.6 Å². The molecule has 0 heterocycles. The molecule has 0 aromatic carbocycles. The van der Waals surface area contributed by atoms with Crippen LogP contribution in [-0.4, -0.2) is 32.2 Å². The summed E-state index contributed by atoms with van der Waals surface area (Å²) < 4.78 is 9.35. The average molecular weight is 183 g/mol. The minimum Gasteiger partial charge on any atom is -0.356 e. The number of methoxy groups -OCH3 is 2. The Morgan fingerprint density at radius 2 is 1.55 bits per heavy atom. The number of rotatable bonds is 3. The van der Waals surface area contributed by atoms with Crippen LogP contribution >= 0.6 is 11.6 Å². The van der Waals surface area contributed by atoms with Gasteiger partial charge in [-0.1, -0.05) is 0 Å². The van der Waals surface area contributed by atoms with Crippen LogP contribution in [0.4, 0.5) is 0 Å². The van der Waals surface area contributed by atoms with Crippen LogP contribution < -0.4 is 0 Å². The summed E-state index contributed by atoms with van der Waals surface area (Å²) in [6, 6.07) is 0. The van der Waals surface area contributed by atoms with Crippen LogP contribution in [-0.2, 0) is 14.3 Å². The lowest BCUT2D eigenvalue weighted by atomic mass is 10.6. The lowest BCUT2D eigenvalue weighted by Gasteiger charge is -2.03. The predicted octanol–water partition coefficient (Wildman–Crippen LogP) is 1.44. The minimum absolute atomic E-state index is 0.0648. The van der Waals surface area contributed by atoms with E-state index in [1.807, 2.05) is 6.92 Å². The number of carbonyl (C=O) groups excluding carboxylic acids is 1. The Balaban J connectivity index is 0. The van der Waals surface area contributed by atoms with Gasteiger partial charge in [-0.05, 0) is 13.8 Å². The first kappa shape index (κ1) is 13.5. The van der Waals surface area contributed by atoms with Gasteiger partial charge in [-0.15, -0.1) is 11.6 Å². The van der Waals surface area contributed by atoms with Crippen molar-refractivity contribution in [1.82, 2.24) is 0 Å². The van der Waals surface area contributed by atoms with Crippen molar-refractivity contribution in [3.05, 3.63) is 0 Å². The minimum atomic E-state index is -0.324. The topological polar surface area (TPSA) is 35.5 Å². The third-order valence-electron chi connectivity index (χ3n) is 0.851. The van der Waals surface area contributed by atoms with Gasteiger partial charge in [-0.3, -0.25) is 0 Å². The molecule has 3 nitrogen and oxygen atoms in total. The molecule has 0 aromatic rings. The molecule has 0 bridgehead atoms. The van der Waals surface area contributed by atoms with Crippen LogP contribution in [0.3, 0.4) is 0 Å². The van der Waals surface area contributed by atoms with E-state index in [2.05, 4.69) is 9.47 Å². The third kappa shape index (κ3) is 17.7. The normalized spacial score (nSPS) is 11.8. The molecule has 0 aliphatic carbocycles. The molecule has 68 valence electrons. The number of ether oxygens (including phenoxy) is 2. The van der Waals surface area contributed by atoms with E-state index in [1.54, 1.807) is 21.1 Å². The molecule has 1 atom stereocenters. The molecule has 0 aliphatic heterocycles. The third-order valence-corrected chi connectivity index (χ3v) is 0.954. The maximum atomic E-state index is 9.37. The van der Waals surface area contributed by atoms with Crippen molar-refractivity contribution >= 4 is 17.9 Å². The predicted molar refractivity (Wildman–Crippen MR) is 44.9 cm³/mol. The summed E-state index contributed by atoms with van der Waals surface area (Å²) in [5, 5.41) is -0.324. The molecule has 0 amide bonds. The van der Waals surface area contributed by atoms with E-state index < -0.39 is 0 Å². The van der Waals surface area contributed by atoms with Gasteiger partial charge in [0.25, 0.3) is 0 Å². The Bertz CT molecular complexity index is 81.8. The van der Waals surface area contributed by atoms with Gasteiger partial charge in [0.2, 0.25) is 0 Å². The second-order valence-corrected chi connectivity index (χ2v) is 2.54. The van der Waals surface area contributed by atoms with Gasteiger partial charge in [0.15, 0.2) is 6.29 Å². The second kappa shape index (κ2) is 9.88. The van der Waals surface area contributed by atoms with E-state index in [1.165, 1.54) is 0 Å².